The minimum atomic E-state index is 0.0248. The van der Waals surface area contributed by atoms with Gasteiger partial charge in [-0.1, -0.05) is 6.92 Å². The van der Waals surface area contributed by atoms with Crippen molar-refractivity contribution >= 4 is 5.91 Å². The Morgan fingerprint density at radius 3 is 2.64 bits per heavy atom. The first-order chi connectivity index (χ1) is 6.67. The van der Waals surface area contributed by atoms with Crippen LogP contribution >= 0.6 is 0 Å². The van der Waals surface area contributed by atoms with Gasteiger partial charge in [0, 0.05) is 26.1 Å². The van der Waals surface area contributed by atoms with Crippen molar-refractivity contribution in [3.05, 3.63) is 0 Å². The second-order valence-electron chi connectivity index (χ2n) is 3.39. The lowest BCUT2D eigenvalue weighted by Crippen LogP contribution is -2.37. The summed E-state index contributed by atoms with van der Waals surface area (Å²) in [6.45, 7) is 6.45. The van der Waals surface area contributed by atoms with E-state index < -0.39 is 0 Å². The van der Waals surface area contributed by atoms with Gasteiger partial charge in [0.2, 0.25) is 5.91 Å². The Morgan fingerprint density at radius 1 is 1.57 bits per heavy atom. The molecule has 0 aromatic rings. The molecule has 0 saturated carbocycles. The number of carbonyl (C=O) groups is 1. The Labute approximate surface area is 86.4 Å². The van der Waals surface area contributed by atoms with Gasteiger partial charge in [0.25, 0.3) is 0 Å². The summed E-state index contributed by atoms with van der Waals surface area (Å²) >= 11 is 0. The quantitative estimate of drug-likeness (QED) is 0.653. The summed E-state index contributed by atoms with van der Waals surface area (Å²) in [7, 11) is 1.64. The normalized spacial score (nSPS) is 12.6. The highest BCUT2D eigenvalue weighted by molar-refractivity contribution is 5.78. The molecule has 0 spiro atoms. The zero-order chi connectivity index (χ0) is 11.0. The number of hydrogen-bond acceptors (Lipinski definition) is 3. The van der Waals surface area contributed by atoms with Gasteiger partial charge in [-0.05, 0) is 19.9 Å². The van der Waals surface area contributed by atoms with E-state index in [-0.39, 0.29) is 11.8 Å². The molecular formula is C10H22N2O2. The summed E-state index contributed by atoms with van der Waals surface area (Å²) in [6, 6.07) is 0. The van der Waals surface area contributed by atoms with Gasteiger partial charge in [-0.15, -0.1) is 0 Å². The first-order valence-corrected chi connectivity index (χ1v) is 5.15. The van der Waals surface area contributed by atoms with E-state index in [1.54, 1.807) is 7.11 Å². The predicted molar refractivity (Wildman–Crippen MR) is 57.0 cm³/mol. The molecule has 4 heteroatoms. The molecule has 1 amide bonds. The van der Waals surface area contributed by atoms with Crippen LogP contribution in [-0.2, 0) is 9.53 Å². The standard InChI is InChI=1S/C10H22N2O2/c1-4-12(7-8-14-3)10(13)9(2)5-6-11/h9H,4-8,11H2,1-3H3. The molecule has 2 N–H and O–H groups in total. The van der Waals surface area contributed by atoms with E-state index in [9.17, 15) is 4.79 Å². The van der Waals surface area contributed by atoms with Crippen LogP contribution in [0.5, 0.6) is 0 Å². The second kappa shape index (κ2) is 7.76. The zero-order valence-electron chi connectivity index (χ0n) is 9.45. The maximum Gasteiger partial charge on any atom is 0.225 e. The topological polar surface area (TPSA) is 55.6 Å². The van der Waals surface area contributed by atoms with Crippen molar-refractivity contribution in [1.82, 2.24) is 4.90 Å². The SMILES string of the molecule is CCN(CCOC)C(=O)C(C)CCN. The molecule has 1 atom stereocenters. The number of nitrogens with zero attached hydrogens (tertiary/aromatic N) is 1. The molecule has 0 aromatic carbocycles. The van der Waals surface area contributed by atoms with Gasteiger partial charge in [0.15, 0.2) is 0 Å². The second-order valence-corrected chi connectivity index (χ2v) is 3.39. The van der Waals surface area contributed by atoms with E-state index in [0.717, 1.165) is 13.0 Å². The number of methoxy groups -OCH3 is 1. The van der Waals surface area contributed by atoms with Gasteiger partial charge in [-0.2, -0.15) is 0 Å². The fourth-order valence-corrected chi connectivity index (χ4v) is 1.31. The lowest BCUT2D eigenvalue weighted by molar-refractivity contribution is -0.135. The molecule has 0 radical (unpaired) electrons. The first-order valence-electron chi connectivity index (χ1n) is 5.15. The molecule has 0 aliphatic carbocycles. The molecule has 84 valence electrons. The third kappa shape index (κ3) is 4.58. The van der Waals surface area contributed by atoms with Gasteiger partial charge >= 0.3 is 0 Å². The third-order valence-electron chi connectivity index (χ3n) is 2.28. The molecule has 4 nitrogen and oxygen atoms in total. The van der Waals surface area contributed by atoms with Gasteiger partial charge in [0.1, 0.15) is 0 Å². The highest BCUT2D eigenvalue weighted by Crippen LogP contribution is 2.05. The summed E-state index contributed by atoms with van der Waals surface area (Å²) in [5.74, 6) is 0.201. The Morgan fingerprint density at radius 2 is 2.21 bits per heavy atom. The minimum Gasteiger partial charge on any atom is -0.383 e. The molecule has 0 aliphatic rings. The van der Waals surface area contributed by atoms with Gasteiger partial charge < -0.3 is 15.4 Å². The van der Waals surface area contributed by atoms with Crippen LogP contribution < -0.4 is 5.73 Å². The summed E-state index contributed by atoms with van der Waals surface area (Å²) in [6.07, 6.45) is 0.752. The van der Waals surface area contributed by atoms with Crippen LogP contribution in [0.1, 0.15) is 20.3 Å². The predicted octanol–water partition coefficient (Wildman–Crippen LogP) is 0.466. The van der Waals surface area contributed by atoms with E-state index in [0.29, 0.717) is 19.7 Å². The highest BCUT2D eigenvalue weighted by atomic mass is 16.5. The molecule has 0 bridgehead atoms. The van der Waals surface area contributed by atoms with Crippen molar-refractivity contribution in [1.29, 1.82) is 0 Å². The monoisotopic (exact) mass is 202 g/mol. The summed E-state index contributed by atoms with van der Waals surface area (Å²) in [5, 5.41) is 0. The molecule has 1 unspecified atom stereocenters. The van der Waals surface area contributed by atoms with E-state index in [1.807, 2.05) is 18.7 Å². The van der Waals surface area contributed by atoms with Crippen LogP contribution in [0.15, 0.2) is 0 Å². The van der Waals surface area contributed by atoms with Gasteiger partial charge in [-0.3, -0.25) is 4.79 Å². The van der Waals surface area contributed by atoms with E-state index in [1.165, 1.54) is 0 Å². The van der Waals surface area contributed by atoms with Crippen LogP contribution in [-0.4, -0.2) is 44.2 Å². The Bertz CT molecular complexity index is 162. The van der Waals surface area contributed by atoms with E-state index in [2.05, 4.69) is 0 Å². The number of ether oxygens (including phenoxy) is 1. The van der Waals surface area contributed by atoms with Crippen molar-refractivity contribution in [2.24, 2.45) is 11.7 Å². The lowest BCUT2D eigenvalue weighted by Gasteiger charge is -2.23. The number of carbonyl (C=O) groups excluding carboxylic acids is 1. The van der Waals surface area contributed by atoms with Gasteiger partial charge in [0.05, 0.1) is 6.61 Å². The highest BCUT2D eigenvalue weighted by Gasteiger charge is 2.17. The molecular weight excluding hydrogens is 180 g/mol. The Hall–Kier alpha value is -0.610. The van der Waals surface area contributed by atoms with Crippen molar-refractivity contribution in [2.45, 2.75) is 20.3 Å². The first kappa shape index (κ1) is 13.4. The fraction of sp³-hybridized carbons (Fsp3) is 0.900. The van der Waals surface area contributed by atoms with Crippen LogP contribution in [0.2, 0.25) is 0 Å². The Balaban J connectivity index is 4.01. The number of amides is 1. The third-order valence-corrected chi connectivity index (χ3v) is 2.28. The van der Waals surface area contributed by atoms with Crippen LogP contribution in [0, 0.1) is 5.92 Å². The summed E-state index contributed by atoms with van der Waals surface area (Å²) in [4.78, 5) is 13.6. The van der Waals surface area contributed by atoms with Crippen molar-refractivity contribution in [2.75, 3.05) is 33.4 Å². The molecule has 0 heterocycles. The molecule has 0 aliphatic heterocycles. The number of rotatable bonds is 7. The van der Waals surface area contributed by atoms with E-state index >= 15 is 0 Å². The average Bonchev–Trinajstić information content (AvgIpc) is 2.19. The molecule has 14 heavy (non-hydrogen) atoms. The summed E-state index contributed by atoms with van der Waals surface area (Å²) < 4.78 is 4.95. The maximum atomic E-state index is 11.8. The number of nitrogens with two attached hydrogens (primary N) is 1. The van der Waals surface area contributed by atoms with Crippen molar-refractivity contribution in [3.63, 3.8) is 0 Å². The molecule has 0 aromatic heterocycles. The van der Waals surface area contributed by atoms with E-state index in [4.69, 9.17) is 10.5 Å². The smallest absolute Gasteiger partial charge is 0.225 e. The average molecular weight is 202 g/mol. The lowest BCUT2D eigenvalue weighted by atomic mass is 10.1. The molecule has 0 rings (SSSR count). The number of likely N-dealkylation sites (N-methyl/N-ethyl adjacent to an activating group) is 1. The van der Waals surface area contributed by atoms with Gasteiger partial charge in [-0.25, -0.2) is 0 Å². The van der Waals surface area contributed by atoms with Crippen molar-refractivity contribution < 1.29 is 9.53 Å². The molecule has 0 fully saturated rings. The van der Waals surface area contributed by atoms with Crippen LogP contribution in [0.25, 0.3) is 0 Å². The zero-order valence-corrected chi connectivity index (χ0v) is 9.45. The Kier molecular flexibility index (Phi) is 7.42. The molecule has 0 saturated heterocycles. The van der Waals surface area contributed by atoms with Crippen LogP contribution in [0.3, 0.4) is 0 Å². The minimum absolute atomic E-state index is 0.0248. The van der Waals surface area contributed by atoms with Crippen LogP contribution in [0.4, 0.5) is 0 Å². The van der Waals surface area contributed by atoms with Crippen molar-refractivity contribution in [3.8, 4) is 0 Å². The number of hydrogen-bond donors (Lipinski definition) is 1. The maximum absolute atomic E-state index is 11.8. The summed E-state index contributed by atoms with van der Waals surface area (Å²) in [5.41, 5.74) is 5.41. The largest absolute Gasteiger partial charge is 0.383 e. The fourth-order valence-electron chi connectivity index (χ4n) is 1.31.